The van der Waals surface area contributed by atoms with E-state index in [0.717, 1.165) is 0 Å². The van der Waals surface area contributed by atoms with E-state index in [0.29, 0.717) is 5.69 Å². The molecule has 8 nitrogen and oxygen atoms in total. The van der Waals surface area contributed by atoms with E-state index in [1.807, 2.05) is 0 Å². The van der Waals surface area contributed by atoms with Gasteiger partial charge in [-0.15, -0.1) is 0 Å². The molecule has 0 spiro atoms. The quantitative estimate of drug-likeness (QED) is 0.691. The summed E-state index contributed by atoms with van der Waals surface area (Å²) in [6.07, 6.45) is 0. The number of hydrogen-bond acceptors (Lipinski definition) is 6. The molecule has 0 radical (unpaired) electrons. The first-order chi connectivity index (χ1) is 11.3. The Balaban J connectivity index is 2.21. The number of aromatic carboxylic acids is 1. The zero-order valence-electron chi connectivity index (χ0n) is 12.7. The van der Waals surface area contributed by atoms with E-state index in [2.05, 4.69) is 15.0 Å². The van der Waals surface area contributed by atoms with Crippen molar-refractivity contribution in [2.24, 2.45) is 10.2 Å². The molecule has 0 saturated carbocycles. The van der Waals surface area contributed by atoms with Crippen LogP contribution in [-0.2, 0) is 10.0 Å². The average Bonchev–Trinajstić information content (AvgIpc) is 2.54. The predicted octanol–water partition coefficient (Wildman–Crippen LogP) is 2.80. The molecule has 2 aromatic rings. The number of carboxylic acid groups (broad SMARTS) is 1. The van der Waals surface area contributed by atoms with E-state index in [9.17, 15) is 18.3 Å². The average molecular weight is 349 g/mol. The highest BCUT2D eigenvalue weighted by atomic mass is 32.2. The number of benzene rings is 2. The van der Waals surface area contributed by atoms with Gasteiger partial charge in [-0.05, 0) is 42.5 Å². The van der Waals surface area contributed by atoms with Gasteiger partial charge in [0.2, 0.25) is 10.0 Å². The van der Waals surface area contributed by atoms with Gasteiger partial charge in [0.1, 0.15) is 11.3 Å². The Morgan fingerprint density at radius 3 is 2.25 bits per heavy atom. The summed E-state index contributed by atoms with van der Waals surface area (Å²) in [4.78, 5) is 11.0. The fraction of sp³-hybridized carbons (Fsp3) is 0.133. The number of rotatable bonds is 6. The van der Waals surface area contributed by atoms with E-state index in [4.69, 9.17) is 5.11 Å². The minimum Gasteiger partial charge on any atom is -0.507 e. The second-order valence-corrected chi connectivity index (χ2v) is 6.47. The summed E-state index contributed by atoms with van der Waals surface area (Å²) in [7, 11) is -3.53. The highest BCUT2D eigenvalue weighted by molar-refractivity contribution is 7.89. The molecule has 2 rings (SSSR count). The lowest BCUT2D eigenvalue weighted by Crippen LogP contribution is -2.22. The lowest BCUT2D eigenvalue weighted by atomic mass is 10.2. The third kappa shape index (κ3) is 4.15. The first-order valence-corrected chi connectivity index (χ1v) is 8.39. The summed E-state index contributed by atoms with van der Waals surface area (Å²) in [5.41, 5.74) is 0.364. The standard InChI is InChI=1S/C15H15N3O5S/c1-2-16-24(22,23)12-6-3-10(4-7-12)17-18-11-5-8-14(19)13(9-11)15(20)21/h3-9,16,19H,2H2,1H3,(H,20,21). The second-order valence-electron chi connectivity index (χ2n) is 4.70. The number of carbonyl (C=O) groups is 1. The lowest BCUT2D eigenvalue weighted by Gasteiger charge is -2.04. The Hall–Kier alpha value is -2.78. The topological polar surface area (TPSA) is 128 Å². The molecule has 0 aliphatic carbocycles. The van der Waals surface area contributed by atoms with Crippen LogP contribution in [0.4, 0.5) is 11.4 Å². The van der Waals surface area contributed by atoms with Crippen LogP contribution in [0.1, 0.15) is 17.3 Å². The molecule has 0 heterocycles. The summed E-state index contributed by atoms with van der Waals surface area (Å²) in [5.74, 6) is -1.64. The third-order valence-electron chi connectivity index (χ3n) is 2.97. The maximum Gasteiger partial charge on any atom is 0.339 e. The first-order valence-electron chi connectivity index (χ1n) is 6.91. The monoisotopic (exact) mass is 349 g/mol. The Labute approximate surface area is 138 Å². The summed E-state index contributed by atoms with van der Waals surface area (Å²) in [6, 6.07) is 9.56. The van der Waals surface area contributed by atoms with Crippen molar-refractivity contribution in [3.05, 3.63) is 48.0 Å². The van der Waals surface area contributed by atoms with Crippen molar-refractivity contribution in [2.75, 3.05) is 6.54 Å². The van der Waals surface area contributed by atoms with Gasteiger partial charge in [-0.1, -0.05) is 6.92 Å². The van der Waals surface area contributed by atoms with Gasteiger partial charge in [0, 0.05) is 6.54 Å². The number of phenols is 1. The number of azo groups is 1. The summed E-state index contributed by atoms with van der Waals surface area (Å²) < 4.78 is 26.0. The van der Waals surface area contributed by atoms with Crippen molar-refractivity contribution in [2.45, 2.75) is 11.8 Å². The molecule has 24 heavy (non-hydrogen) atoms. The van der Waals surface area contributed by atoms with E-state index >= 15 is 0 Å². The highest BCUT2D eigenvalue weighted by Gasteiger charge is 2.12. The Morgan fingerprint density at radius 2 is 1.67 bits per heavy atom. The molecule has 2 aromatic carbocycles. The molecular formula is C15H15N3O5S. The summed E-state index contributed by atoms with van der Waals surface area (Å²) in [5, 5.41) is 26.1. The molecule has 3 N–H and O–H groups in total. The zero-order chi connectivity index (χ0) is 17.7. The molecule has 0 bridgehead atoms. The minimum atomic E-state index is -3.53. The van der Waals surface area contributed by atoms with Crippen molar-refractivity contribution >= 4 is 27.4 Å². The molecular weight excluding hydrogens is 334 g/mol. The van der Waals surface area contributed by atoms with Crippen molar-refractivity contribution in [3.8, 4) is 5.75 Å². The lowest BCUT2D eigenvalue weighted by molar-refractivity contribution is 0.0693. The van der Waals surface area contributed by atoms with Crippen LogP contribution < -0.4 is 4.72 Å². The molecule has 0 saturated heterocycles. The second kappa shape index (κ2) is 7.20. The van der Waals surface area contributed by atoms with Gasteiger partial charge in [0.25, 0.3) is 0 Å². The highest BCUT2D eigenvalue weighted by Crippen LogP contribution is 2.25. The normalized spacial score (nSPS) is 11.7. The smallest absolute Gasteiger partial charge is 0.339 e. The number of nitrogens with one attached hydrogen (secondary N) is 1. The third-order valence-corrected chi connectivity index (χ3v) is 4.53. The Bertz CT molecular complexity index is 876. The largest absolute Gasteiger partial charge is 0.507 e. The van der Waals surface area contributed by atoms with Crippen LogP contribution in [0.15, 0.2) is 57.6 Å². The van der Waals surface area contributed by atoms with Crippen molar-refractivity contribution in [1.29, 1.82) is 0 Å². The van der Waals surface area contributed by atoms with E-state index in [1.165, 1.54) is 42.5 Å². The van der Waals surface area contributed by atoms with Crippen LogP contribution in [-0.4, -0.2) is 31.1 Å². The molecule has 0 amide bonds. The molecule has 9 heteroatoms. The maximum absolute atomic E-state index is 11.8. The first kappa shape index (κ1) is 17.6. The van der Waals surface area contributed by atoms with Crippen molar-refractivity contribution in [1.82, 2.24) is 4.72 Å². The van der Waals surface area contributed by atoms with Crippen LogP contribution >= 0.6 is 0 Å². The fourth-order valence-electron chi connectivity index (χ4n) is 1.84. The van der Waals surface area contributed by atoms with Gasteiger partial charge in [0.15, 0.2) is 0 Å². The van der Waals surface area contributed by atoms with Gasteiger partial charge in [-0.25, -0.2) is 17.9 Å². The van der Waals surface area contributed by atoms with Crippen LogP contribution in [0, 0.1) is 0 Å². The molecule has 0 fully saturated rings. The van der Waals surface area contributed by atoms with Gasteiger partial charge in [-0.3, -0.25) is 0 Å². The van der Waals surface area contributed by atoms with Crippen LogP contribution in [0.5, 0.6) is 5.75 Å². The van der Waals surface area contributed by atoms with Gasteiger partial charge < -0.3 is 10.2 Å². The predicted molar refractivity (Wildman–Crippen MR) is 86.5 cm³/mol. The van der Waals surface area contributed by atoms with Gasteiger partial charge in [0.05, 0.1) is 16.3 Å². The van der Waals surface area contributed by atoms with Gasteiger partial charge >= 0.3 is 5.97 Å². The molecule has 0 aliphatic heterocycles. The fourth-order valence-corrected chi connectivity index (χ4v) is 2.88. The van der Waals surface area contributed by atoms with Crippen molar-refractivity contribution in [3.63, 3.8) is 0 Å². The maximum atomic E-state index is 11.8. The van der Waals surface area contributed by atoms with E-state index in [-0.39, 0.29) is 28.4 Å². The number of nitrogens with zero attached hydrogens (tertiary/aromatic N) is 2. The molecule has 0 unspecified atom stereocenters. The Morgan fingerprint density at radius 1 is 1.08 bits per heavy atom. The number of hydrogen-bond donors (Lipinski definition) is 3. The van der Waals surface area contributed by atoms with Crippen LogP contribution in [0.3, 0.4) is 0 Å². The molecule has 0 aromatic heterocycles. The summed E-state index contributed by atoms with van der Waals surface area (Å²) in [6.45, 7) is 1.97. The number of sulfonamides is 1. The molecule has 126 valence electrons. The molecule has 0 atom stereocenters. The van der Waals surface area contributed by atoms with Crippen LogP contribution in [0.2, 0.25) is 0 Å². The molecule has 0 aliphatic rings. The van der Waals surface area contributed by atoms with Crippen molar-refractivity contribution < 1.29 is 23.4 Å². The zero-order valence-corrected chi connectivity index (χ0v) is 13.5. The van der Waals surface area contributed by atoms with Gasteiger partial charge in [-0.2, -0.15) is 10.2 Å². The van der Waals surface area contributed by atoms with E-state index in [1.54, 1.807) is 6.92 Å². The number of carboxylic acids is 1. The van der Waals surface area contributed by atoms with E-state index < -0.39 is 16.0 Å². The number of aromatic hydroxyl groups is 1. The minimum absolute atomic E-state index is 0.112. The Kier molecular flexibility index (Phi) is 5.27. The SMILES string of the molecule is CCNS(=O)(=O)c1ccc(N=Nc2ccc(O)c(C(=O)O)c2)cc1. The summed E-state index contributed by atoms with van der Waals surface area (Å²) >= 11 is 0. The van der Waals surface area contributed by atoms with Crippen LogP contribution in [0.25, 0.3) is 0 Å².